The lowest BCUT2D eigenvalue weighted by molar-refractivity contribution is 0.145. The van der Waals surface area contributed by atoms with Crippen molar-refractivity contribution in [2.24, 2.45) is 4.99 Å². The molecule has 0 saturated carbocycles. The first-order chi connectivity index (χ1) is 12.0. The van der Waals surface area contributed by atoms with Gasteiger partial charge in [0.05, 0.1) is 13.7 Å². The Bertz CT molecular complexity index is 541. The average molecular weight is 497 g/mol. The molecule has 0 heterocycles. The molecule has 0 aliphatic heterocycles. The number of methoxy groups -OCH3 is 1. The highest BCUT2D eigenvalue weighted by Crippen LogP contribution is 2.11. The molecule has 0 aliphatic carbocycles. The van der Waals surface area contributed by atoms with E-state index in [0.29, 0.717) is 12.3 Å². The van der Waals surface area contributed by atoms with E-state index in [-0.39, 0.29) is 30.0 Å². The van der Waals surface area contributed by atoms with Crippen LogP contribution in [0.5, 0.6) is 5.75 Å². The van der Waals surface area contributed by atoms with Crippen molar-refractivity contribution in [3.8, 4) is 5.75 Å². The molecule has 26 heavy (non-hydrogen) atoms. The lowest BCUT2D eigenvalue weighted by Gasteiger charge is -2.17. The Morgan fingerprint density at radius 2 is 2.00 bits per heavy atom. The standard InChI is InChI=1S/C18H31N3O3S.HI/c1-5-24-12-6-11-19-18(21-15(2)14-25(4)22)20-13-16-7-9-17(23-3)10-8-16;/h7-10,15H,5-6,11-14H2,1-4H3,(H2,19,20,21);1H. The molecular formula is C18H32IN3O3S. The highest BCUT2D eigenvalue weighted by molar-refractivity contribution is 14.0. The van der Waals surface area contributed by atoms with Crippen molar-refractivity contribution in [2.45, 2.75) is 32.9 Å². The van der Waals surface area contributed by atoms with Crippen molar-refractivity contribution in [1.82, 2.24) is 10.6 Å². The van der Waals surface area contributed by atoms with Crippen LogP contribution in [0.3, 0.4) is 0 Å². The van der Waals surface area contributed by atoms with Gasteiger partial charge in [-0.05, 0) is 38.0 Å². The molecule has 0 aliphatic rings. The predicted molar refractivity (Wildman–Crippen MR) is 120 cm³/mol. The van der Waals surface area contributed by atoms with Crippen molar-refractivity contribution in [3.05, 3.63) is 29.8 Å². The fourth-order valence-corrected chi connectivity index (χ4v) is 2.99. The maximum absolute atomic E-state index is 11.4. The zero-order chi connectivity index (χ0) is 18.5. The number of rotatable bonds is 11. The van der Waals surface area contributed by atoms with Crippen LogP contribution in [0.15, 0.2) is 29.3 Å². The Labute approximate surface area is 177 Å². The average Bonchev–Trinajstić information content (AvgIpc) is 2.59. The smallest absolute Gasteiger partial charge is 0.191 e. The summed E-state index contributed by atoms with van der Waals surface area (Å²) in [7, 11) is 0.808. The third-order valence-corrected chi connectivity index (χ3v) is 4.38. The lowest BCUT2D eigenvalue weighted by Crippen LogP contribution is -2.44. The van der Waals surface area contributed by atoms with E-state index in [2.05, 4.69) is 15.6 Å². The second-order valence-electron chi connectivity index (χ2n) is 5.78. The van der Waals surface area contributed by atoms with Crippen LogP contribution in [0.2, 0.25) is 0 Å². The van der Waals surface area contributed by atoms with E-state index in [1.165, 1.54) is 0 Å². The Hall–Kier alpha value is -0.870. The van der Waals surface area contributed by atoms with E-state index < -0.39 is 10.8 Å². The summed E-state index contributed by atoms with van der Waals surface area (Å²) in [4.78, 5) is 4.63. The summed E-state index contributed by atoms with van der Waals surface area (Å²) >= 11 is 0. The van der Waals surface area contributed by atoms with E-state index in [0.717, 1.165) is 43.5 Å². The molecule has 8 heteroatoms. The van der Waals surface area contributed by atoms with Crippen LogP contribution >= 0.6 is 24.0 Å². The third kappa shape index (κ3) is 11.7. The van der Waals surface area contributed by atoms with Gasteiger partial charge in [0.25, 0.3) is 0 Å². The predicted octanol–water partition coefficient (Wildman–Crippen LogP) is 2.54. The molecule has 150 valence electrons. The van der Waals surface area contributed by atoms with E-state index >= 15 is 0 Å². The van der Waals surface area contributed by atoms with Crippen LogP contribution in [-0.2, 0) is 22.1 Å². The summed E-state index contributed by atoms with van der Waals surface area (Å²) in [6.45, 7) is 6.79. The Kier molecular flexibility index (Phi) is 14.7. The highest BCUT2D eigenvalue weighted by atomic mass is 127. The van der Waals surface area contributed by atoms with Gasteiger partial charge in [0, 0.05) is 48.6 Å². The number of halogens is 1. The first-order valence-electron chi connectivity index (χ1n) is 8.60. The lowest BCUT2D eigenvalue weighted by atomic mass is 10.2. The van der Waals surface area contributed by atoms with E-state index in [1.54, 1.807) is 13.4 Å². The Morgan fingerprint density at radius 3 is 2.58 bits per heavy atom. The second kappa shape index (κ2) is 15.2. The van der Waals surface area contributed by atoms with Gasteiger partial charge in [-0.3, -0.25) is 4.21 Å². The monoisotopic (exact) mass is 497 g/mol. The Balaban J connectivity index is 0.00000625. The second-order valence-corrected chi connectivity index (χ2v) is 7.26. The van der Waals surface area contributed by atoms with Crippen molar-refractivity contribution < 1.29 is 13.7 Å². The van der Waals surface area contributed by atoms with Crippen molar-refractivity contribution >= 4 is 40.7 Å². The summed E-state index contributed by atoms with van der Waals surface area (Å²) in [5, 5.41) is 6.62. The molecule has 2 atom stereocenters. The molecule has 0 amide bonds. The van der Waals surface area contributed by atoms with Gasteiger partial charge in [0.2, 0.25) is 0 Å². The molecule has 0 aromatic heterocycles. The summed E-state index contributed by atoms with van der Waals surface area (Å²) in [5.41, 5.74) is 1.10. The van der Waals surface area contributed by atoms with Crippen LogP contribution in [0.25, 0.3) is 0 Å². The van der Waals surface area contributed by atoms with Gasteiger partial charge in [-0.2, -0.15) is 0 Å². The number of ether oxygens (including phenoxy) is 2. The summed E-state index contributed by atoms with van der Waals surface area (Å²) in [6, 6.07) is 7.94. The van der Waals surface area contributed by atoms with Crippen LogP contribution in [0.4, 0.5) is 0 Å². The fourth-order valence-electron chi connectivity index (χ4n) is 2.21. The van der Waals surface area contributed by atoms with Crippen LogP contribution < -0.4 is 15.4 Å². The molecule has 0 saturated heterocycles. The molecule has 1 aromatic carbocycles. The number of guanidine groups is 1. The maximum atomic E-state index is 11.4. The van der Waals surface area contributed by atoms with E-state index in [1.807, 2.05) is 38.1 Å². The molecule has 0 bridgehead atoms. The minimum Gasteiger partial charge on any atom is -0.497 e. The normalized spacial score (nSPS) is 13.5. The molecule has 2 N–H and O–H groups in total. The molecule has 6 nitrogen and oxygen atoms in total. The molecule has 0 spiro atoms. The van der Waals surface area contributed by atoms with Gasteiger partial charge in [-0.15, -0.1) is 24.0 Å². The van der Waals surface area contributed by atoms with Crippen LogP contribution in [0, 0.1) is 0 Å². The largest absolute Gasteiger partial charge is 0.497 e. The first kappa shape index (κ1) is 25.1. The summed E-state index contributed by atoms with van der Waals surface area (Å²) in [6.07, 6.45) is 2.62. The summed E-state index contributed by atoms with van der Waals surface area (Å²) < 4.78 is 21.9. The molecule has 1 aromatic rings. The zero-order valence-electron chi connectivity index (χ0n) is 16.1. The van der Waals surface area contributed by atoms with E-state index in [4.69, 9.17) is 9.47 Å². The molecule has 2 unspecified atom stereocenters. The number of hydrogen-bond acceptors (Lipinski definition) is 4. The van der Waals surface area contributed by atoms with E-state index in [9.17, 15) is 4.21 Å². The van der Waals surface area contributed by atoms with Crippen molar-refractivity contribution in [3.63, 3.8) is 0 Å². The first-order valence-corrected chi connectivity index (χ1v) is 10.3. The van der Waals surface area contributed by atoms with Gasteiger partial charge < -0.3 is 20.1 Å². The molecular weight excluding hydrogens is 465 g/mol. The Morgan fingerprint density at radius 1 is 1.31 bits per heavy atom. The summed E-state index contributed by atoms with van der Waals surface area (Å²) in [5.74, 6) is 2.15. The van der Waals surface area contributed by atoms with Crippen LogP contribution in [-0.4, -0.2) is 55.1 Å². The SMILES string of the molecule is CCOCCCNC(=NCc1ccc(OC)cc1)NC(C)CS(C)=O.I. The topological polar surface area (TPSA) is 71.9 Å². The molecule has 0 fully saturated rings. The van der Waals surface area contributed by atoms with Gasteiger partial charge >= 0.3 is 0 Å². The van der Waals surface area contributed by atoms with Crippen molar-refractivity contribution in [2.75, 3.05) is 38.9 Å². The quantitative estimate of drug-likeness (QED) is 0.213. The number of hydrogen-bond donors (Lipinski definition) is 2. The highest BCUT2D eigenvalue weighted by Gasteiger charge is 2.07. The minimum absolute atomic E-state index is 0. The van der Waals surface area contributed by atoms with Crippen LogP contribution in [0.1, 0.15) is 25.8 Å². The number of benzene rings is 1. The number of aliphatic imine (C=N–C) groups is 1. The van der Waals surface area contributed by atoms with Gasteiger partial charge in [-0.25, -0.2) is 4.99 Å². The van der Waals surface area contributed by atoms with Gasteiger partial charge in [-0.1, -0.05) is 12.1 Å². The van der Waals surface area contributed by atoms with Gasteiger partial charge in [0.15, 0.2) is 5.96 Å². The zero-order valence-corrected chi connectivity index (χ0v) is 19.3. The molecule has 1 rings (SSSR count). The third-order valence-electron chi connectivity index (χ3n) is 3.41. The minimum atomic E-state index is -0.845. The van der Waals surface area contributed by atoms with Gasteiger partial charge in [0.1, 0.15) is 5.75 Å². The van der Waals surface area contributed by atoms with Crippen molar-refractivity contribution in [1.29, 1.82) is 0 Å². The number of nitrogens with zero attached hydrogens (tertiary/aromatic N) is 1. The maximum Gasteiger partial charge on any atom is 0.191 e. The number of nitrogens with one attached hydrogen (secondary N) is 2. The molecule has 0 radical (unpaired) electrons. The fraction of sp³-hybridized carbons (Fsp3) is 0.611.